The highest BCUT2D eigenvalue weighted by Gasteiger charge is 2.50. The molecule has 0 saturated carbocycles. The number of piperidine rings is 1. The molecule has 1 aromatic heterocycles. The molecule has 0 spiro atoms. The average molecular weight is 475 g/mol. The first-order chi connectivity index (χ1) is 15.4. The van der Waals surface area contributed by atoms with Crippen LogP contribution in [0.5, 0.6) is 0 Å². The van der Waals surface area contributed by atoms with Crippen molar-refractivity contribution in [2.45, 2.75) is 70.0 Å². The third-order valence-corrected chi connectivity index (χ3v) is 7.24. The highest BCUT2D eigenvalue weighted by atomic mass is 19.4. The summed E-state index contributed by atoms with van der Waals surface area (Å²) in [5, 5.41) is 3.06. The van der Waals surface area contributed by atoms with Gasteiger partial charge >= 0.3 is 12.5 Å². The van der Waals surface area contributed by atoms with Crippen molar-refractivity contribution in [1.29, 1.82) is 0 Å². The molecule has 1 amide bonds. The molecule has 2 aliphatic rings. The standard InChI is InChI=1S/C23H27F6N3O/c1-4-13(5-2)30-21(33)12-9-15-14-7-6-8-17-19(14)16(10-18(15)31(3)11-12)20(22(24,25)26)32(17)23(27,28)29/h6-8,12-13,15,18H,4-5,9-11H2,1-3H3,(H,30,33)/t12-,15?,18-/m1/s1. The van der Waals surface area contributed by atoms with E-state index < -0.39 is 34.3 Å². The smallest absolute Gasteiger partial charge is 0.353 e. The van der Waals surface area contributed by atoms with Gasteiger partial charge in [0, 0.05) is 29.9 Å². The van der Waals surface area contributed by atoms with Crippen LogP contribution in [0.2, 0.25) is 0 Å². The lowest BCUT2D eigenvalue weighted by Crippen LogP contribution is -2.52. The lowest BCUT2D eigenvalue weighted by atomic mass is 9.72. The molecule has 10 heteroatoms. The van der Waals surface area contributed by atoms with E-state index >= 15 is 0 Å². The zero-order valence-corrected chi connectivity index (χ0v) is 18.6. The van der Waals surface area contributed by atoms with E-state index in [9.17, 15) is 31.1 Å². The van der Waals surface area contributed by atoms with E-state index in [-0.39, 0.29) is 41.2 Å². The first kappa shape index (κ1) is 23.9. The summed E-state index contributed by atoms with van der Waals surface area (Å²) in [6.07, 6.45) is -8.56. The second kappa shape index (κ2) is 8.21. The van der Waals surface area contributed by atoms with E-state index in [2.05, 4.69) is 5.32 Å². The van der Waals surface area contributed by atoms with Gasteiger partial charge in [0.25, 0.3) is 0 Å². The fraction of sp³-hybridized carbons (Fsp3) is 0.609. The number of nitrogens with zero attached hydrogens (tertiary/aromatic N) is 2. The molecule has 1 aromatic carbocycles. The Morgan fingerprint density at radius 2 is 1.82 bits per heavy atom. The second-order valence-electron chi connectivity index (χ2n) is 9.14. The average Bonchev–Trinajstić information content (AvgIpc) is 3.09. The number of amides is 1. The predicted molar refractivity (Wildman–Crippen MR) is 112 cm³/mol. The van der Waals surface area contributed by atoms with E-state index in [1.54, 1.807) is 13.1 Å². The molecule has 2 heterocycles. The zero-order chi connectivity index (χ0) is 24.3. The van der Waals surface area contributed by atoms with Gasteiger partial charge in [0.2, 0.25) is 5.91 Å². The van der Waals surface area contributed by atoms with Crippen molar-refractivity contribution < 1.29 is 31.1 Å². The molecule has 4 nitrogen and oxygen atoms in total. The Labute approximate surface area is 187 Å². The Morgan fingerprint density at radius 3 is 2.39 bits per heavy atom. The van der Waals surface area contributed by atoms with Crippen molar-refractivity contribution in [2.75, 3.05) is 13.6 Å². The number of likely N-dealkylation sites (tertiary alicyclic amines) is 1. The number of benzene rings is 1. The Hall–Kier alpha value is -2.23. The van der Waals surface area contributed by atoms with Gasteiger partial charge in [0.05, 0.1) is 11.4 Å². The molecule has 182 valence electrons. The van der Waals surface area contributed by atoms with Crippen molar-refractivity contribution in [2.24, 2.45) is 5.92 Å². The van der Waals surface area contributed by atoms with Crippen LogP contribution < -0.4 is 5.32 Å². The Bertz CT molecular complexity index is 1050. The van der Waals surface area contributed by atoms with Crippen LogP contribution in [0.25, 0.3) is 10.9 Å². The molecule has 1 N–H and O–H groups in total. The predicted octanol–water partition coefficient (Wildman–Crippen LogP) is 5.40. The Kier molecular flexibility index (Phi) is 5.95. The monoisotopic (exact) mass is 475 g/mol. The van der Waals surface area contributed by atoms with Crippen molar-refractivity contribution in [3.63, 3.8) is 0 Å². The fourth-order valence-corrected chi connectivity index (χ4v) is 5.69. The number of fused-ring (bicyclic) bond motifs is 2. The Balaban J connectivity index is 1.82. The number of carbonyl (C=O) groups is 1. The van der Waals surface area contributed by atoms with Crippen LogP contribution in [0, 0.1) is 5.92 Å². The molecule has 1 aliphatic carbocycles. The first-order valence-corrected chi connectivity index (χ1v) is 11.2. The van der Waals surface area contributed by atoms with Crippen LogP contribution in [0.3, 0.4) is 0 Å². The van der Waals surface area contributed by atoms with Gasteiger partial charge in [-0.05, 0) is 49.9 Å². The van der Waals surface area contributed by atoms with Crippen LogP contribution >= 0.6 is 0 Å². The topological polar surface area (TPSA) is 37.3 Å². The molecule has 3 atom stereocenters. The molecule has 2 aromatic rings. The molecule has 1 aliphatic heterocycles. The minimum absolute atomic E-state index is 0.0258. The first-order valence-electron chi connectivity index (χ1n) is 11.2. The Morgan fingerprint density at radius 1 is 1.15 bits per heavy atom. The van der Waals surface area contributed by atoms with Crippen molar-refractivity contribution in [3.8, 4) is 0 Å². The van der Waals surface area contributed by atoms with Gasteiger partial charge < -0.3 is 10.2 Å². The number of carbonyl (C=O) groups excluding carboxylic acids is 1. The highest BCUT2D eigenvalue weighted by molar-refractivity contribution is 5.91. The molecule has 33 heavy (non-hydrogen) atoms. The van der Waals surface area contributed by atoms with E-state index in [0.717, 1.165) is 18.9 Å². The van der Waals surface area contributed by atoms with E-state index in [1.165, 1.54) is 6.07 Å². The highest BCUT2D eigenvalue weighted by Crippen LogP contribution is 2.51. The van der Waals surface area contributed by atoms with Gasteiger partial charge in [0.1, 0.15) is 5.69 Å². The number of nitrogens with one attached hydrogen (secondary N) is 1. The summed E-state index contributed by atoms with van der Waals surface area (Å²) in [6, 6.07) is 3.70. The number of aromatic nitrogens is 1. The minimum Gasteiger partial charge on any atom is -0.353 e. The molecule has 4 rings (SSSR count). The quantitative estimate of drug-likeness (QED) is 0.602. The summed E-state index contributed by atoms with van der Waals surface area (Å²) in [5.41, 5.74) is -1.97. The summed E-state index contributed by atoms with van der Waals surface area (Å²) in [6.45, 7) is 4.30. The molecule has 0 radical (unpaired) electrons. The summed E-state index contributed by atoms with van der Waals surface area (Å²) in [4.78, 5) is 14.7. The van der Waals surface area contributed by atoms with Crippen molar-refractivity contribution >= 4 is 16.8 Å². The number of rotatable bonds is 4. The third kappa shape index (κ3) is 4.00. The summed E-state index contributed by atoms with van der Waals surface area (Å²) < 4.78 is 82.7. The van der Waals surface area contributed by atoms with Gasteiger partial charge in [-0.1, -0.05) is 26.0 Å². The van der Waals surface area contributed by atoms with Gasteiger partial charge in [-0.3, -0.25) is 4.79 Å². The molecule has 0 bridgehead atoms. The molecule has 1 unspecified atom stereocenters. The van der Waals surface area contributed by atoms with Gasteiger partial charge in [-0.2, -0.15) is 13.2 Å². The van der Waals surface area contributed by atoms with Gasteiger partial charge in [-0.25, -0.2) is 4.57 Å². The number of likely N-dealkylation sites (N-methyl/N-ethyl adjacent to an activating group) is 1. The maximum atomic E-state index is 13.9. The molecule has 1 saturated heterocycles. The van der Waals surface area contributed by atoms with Crippen LogP contribution in [-0.4, -0.2) is 41.1 Å². The lowest BCUT2D eigenvalue weighted by Gasteiger charge is -2.45. The summed E-state index contributed by atoms with van der Waals surface area (Å²) in [7, 11) is 1.73. The van der Waals surface area contributed by atoms with Crippen LogP contribution in [0.1, 0.15) is 55.8 Å². The van der Waals surface area contributed by atoms with E-state index in [0.29, 0.717) is 18.5 Å². The summed E-state index contributed by atoms with van der Waals surface area (Å²) >= 11 is 0. The van der Waals surface area contributed by atoms with Gasteiger partial charge in [-0.15, -0.1) is 13.2 Å². The molecular formula is C23H27F6N3O. The maximum absolute atomic E-state index is 13.9. The maximum Gasteiger partial charge on any atom is 0.489 e. The zero-order valence-electron chi connectivity index (χ0n) is 18.6. The van der Waals surface area contributed by atoms with Crippen molar-refractivity contribution in [3.05, 3.63) is 35.0 Å². The third-order valence-electron chi connectivity index (χ3n) is 7.24. The number of halogens is 6. The fourth-order valence-electron chi connectivity index (χ4n) is 5.69. The number of hydrogen-bond acceptors (Lipinski definition) is 2. The van der Waals surface area contributed by atoms with Gasteiger partial charge in [0.15, 0.2) is 0 Å². The van der Waals surface area contributed by atoms with Crippen LogP contribution in [-0.2, 0) is 23.7 Å². The lowest BCUT2D eigenvalue weighted by molar-refractivity contribution is -0.218. The van der Waals surface area contributed by atoms with Crippen LogP contribution in [0.4, 0.5) is 26.3 Å². The largest absolute Gasteiger partial charge is 0.489 e. The van der Waals surface area contributed by atoms with Crippen LogP contribution in [0.15, 0.2) is 18.2 Å². The van der Waals surface area contributed by atoms with Crippen molar-refractivity contribution in [1.82, 2.24) is 14.8 Å². The van der Waals surface area contributed by atoms with E-state index in [4.69, 9.17) is 0 Å². The number of hydrogen-bond donors (Lipinski definition) is 1. The SMILES string of the molecule is CCC(CC)NC(=O)[C@@H]1CC2c3cccc4c3c(c(C(F)(F)F)n4C(F)(F)F)C[C@H]2N(C)C1. The minimum atomic E-state index is -5.21. The molecular weight excluding hydrogens is 448 g/mol. The normalized spacial score (nSPS) is 23.8. The molecule has 1 fully saturated rings. The summed E-state index contributed by atoms with van der Waals surface area (Å²) in [5.74, 6) is -0.834. The van der Waals surface area contributed by atoms with E-state index in [1.807, 2.05) is 18.7 Å². The number of alkyl halides is 6. The second-order valence-corrected chi connectivity index (χ2v) is 9.14.